The Balaban J connectivity index is 1.84. The first-order valence-electron chi connectivity index (χ1n) is 5.93. The summed E-state index contributed by atoms with van der Waals surface area (Å²) >= 11 is 0. The minimum Gasteiger partial charge on any atom is -0.373 e. The van der Waals surface area contributed by atoms with Gasteiger partial charge in [-0.2, -0.15) is 0 Å². The van der Waals surface area contributed by atoms with E-state index >= 15 is 0 Å². The smallest absolute Gasteiger partial charge is 0.133 e. The molecule has 0 unspecified atom stereocenters. The second kappa shape index (κ2) is 5.26. The summed E-state index contributed by atoms with van der Waals surface area (Å²) in [6, 6.07) is 10.2. The SMILES string of the molecule is C[C@H]1CC(=O)CC[C@H]1OCc1ccccc1. The van der Waals surface area contributed by atoms with Gasteiger partial charge in [-0.3, -0.25) is 4.79 Å². The molecule has 0 heterocycles. The molecule has 0 radical (unpaired) electrons. The first-order chi connectivity index (χ1) is 7.75. The number of hydrogen-bond acceptors (Lipinski definition) is 2. The molecule has 16 heavy (non-hydrogen) atoms. The minimum absolute atomic E-state index is 0.248. The van der Waals surface area contributed by atoms with E-state index in [4.69, 9.17) is 4.74 Å². The van der Waals surface area contributed by atoms with E-state index in [0.29, 0.717) is 31.1 Å². The molecule has 1 aromatic carbocycles. The van der Waals surface area contributed by atoms with Crippen LogP contribution in [0.5, 0.6) is 0 Å². The number of carbonyl (C=O) groups is 1. The lowest BCUT2D eigenvalue weighted by atomic mass is 9.87. The van der Waals surface area contributed by atoms with Crippen LogP contribution in [-0.2, 0) is 16.1 Å². The summed E-state index contributed by atoms with van der Waals surface area (Å²) in [5.41, 5.74) is 1.20. The van der Waals surface area contributed by atoms with Crippen LogP contribution in [0.25, 0.3) is 0 Å². The normalized spacial score (nSPS) is 25.7. The van der Waals surface area contributed by atoms with Crippen molar-refractivity contribution >= 4 is 5.78 Å². The highest BCUT2D eigenvalue weighted by Gasteiger charge is 2.26. The molecule has 0 aliphatic heterocycles. The molecule has 2 atom stereocenters. The summed E-state index contributed by atoms with van der Waals surface area (Å²) in [5.74, 6) is 0.747. The number of Topliss-reactive ketones (excluding diaryl/α,β-unsaturated/α-hetero) is 1. The van der Waals surface area contributed by atoms with Crippen molar-refractivity contribution in [3.8, 4) is 0 Å². The van der Waals surface area contributed by atoms with Crippen molar-refractivity contribution in [2.24, 2.45) is 5.92 Å². The molecule has 0 saturated heterocycles. The van der Waals surface area contributed by atoms with Crippen LogP contribution in [-0.4, -0.2) is 11.9 Å². The fraction of sp³-hybridized carbons (Fsp3) is 0.500. The van der Waals surface area contributed by atoms with E-state index in [1.54, 1.807) is 0 Å². The zero-order valence-corrected chi connectivity index (χ0v) is 9.69. The van der Waals surface area contributed by atoms with Crippen LogP contribution in [0, 0.1) is 5.92 Å². The minimum atomic E-state index is 0.248. The first-order valence-corrected chi connectivity index (χ1v) is 5.93. The van der Waals surface area contributed by atoms with Crippen molar-refractivity contribution in [1.82, 2.24) is 0 Å². The average molecular weight is 218 g/mol. The highest BCUT2D eigenvalue weighted by Crippen LogP contribution is 2.24. The largest absolute Gasteiger partial charge is 0.373 e. The molecule has 1 aromatic rings. The molecule has 1 aliphatic carbocycles. The highest BCUT2D eigenvalue weighted by molar-refractivity contribution is 5.79. The molecule has 0 bridgehead atoms. The number of carbonyl (C=O) groups excluding carboxylic acids is 1. The third-order valence-corrected chi connectivity index (χ3v) is 3.20. The summed E-state index contributed by atoms with van der Waals surface area (Å²) < 4.78 is 5.88. The van der Waals surface area contributed by atoms with Gasteiger partial charge < -0.3 is 4.74 Å². The van der Waals surface area contributed by atoms with E-state index in [-0.39, 0.29) is 6.10 Å². The van der Waals surface area contributed by atoms with Crippen molar-refractivity contribution < 1.29 is 9.53 Å². The number of hydrogen-bond donors (Lipinski definition) is 0. The zero-order valence-electron chi connectivity index (χ0n) is 9.69. The predicted octanol–water partition coefficient (Wildman–Crippen LogP) is 2.96. The van der Waals surface area contributed by atoms with E-state index in [1.807, 2.05) is 18.2 Å². The zero-order chi connectivity index (χ0) is 11.4. The van der Waals surface area contributed by atoms with Crippen molar-refractivity contribution in [2.75, 3.05) is 0 Å². The fourth-order valence-electron chi connectivity index (χ4n) is 2.21. The Labute approximate surface area is 96.6 Å². The molecule has 2 rings (SSSR count). The van der Waals surface area contributed by atoms with Gasteiger partial charge in [-0.25, -0.2) is 0 Å². The Bertz CT molecular complexity index is 345. The van der Waals surface area contributed by atoms with E-state index < -0.39 is 0 Å². The maximum absolute atomic E-state index is 11.2. The van der Waals surface area contributed by atoms with Gasteiger partial charge in [0.15, 0.2) is 0 Å². The second-order valence-electron chi connectivity index (χ2n) is 4.59. The molecule has 1 aliphatic rings. The molecular formula is C14H18O2. The van der Waals surface area contributed by atoms with Crippen LogP contribution >= 0.6 is 0 Å². The quantitative estimate of drug-likeness (QED) is 0.779. The van der Waals surface area contributed by atoms with Crippen LogP contribution in [0.15, 0.2) is 30.3 Å². The second-order valence-corrected chi connectivity index (χ2v) is 4.59. The summed E-state index contributed by atoms with van der Waals surface area (Å²) in [6.07, 6.45) is 2.49. The Morgan fingerprint density at radius 2 is 2.06 bits per heavy atom. The molecule has 1 saturated carbocycles. The predicted molar refractivity (Wildman–Crippen MR) is 63.0 cm³/mol. The molecule has 0 spiro atoms. The third-order valence-electron chi connectivity index (χ3n) is 3.20. The third kappa shape index (κ3) is 2.92. The van der Waals surface area contributed by atoms with Crippen molar-refractivity contribution in [3.63, 3.8) is 0 Å². The number of benzene rings is 1. The Hall–Kier alpha value is -1.15. The van der Waals surface area contributed by atoms with Crippen LogP contribution in [0.2, 0.25) is 0 Å². The van der Waals surface area contributed by atoms with Gasteiger partial charge in [-0.15, -0.1) is 0 Å². The molecule has 0 N–H and O–H groups in total. The lowest BCUT2D eigenvalue weighted by Gasteiger charge is -2.28. The fourth-order valence-corrected chi connectivity index (χ4v) is 2.21. The van der Waals surface area contributed by atoms with E-state index in [2.05, 4.69) is 19.1 Å². The van der Waals surface area contributed by atoms with Crippen LogP contribution in [0.4, 0.5) is 0 Å². The van der Waals surface area contributed by atoms with Crippen molar-refractivity contribution in [2.45, 2.75) is 38.9 Å². The Morgan fingerprint density at radius 1 is 1.31 bits per heavy atom. The van der Waals surface area contributed by atoms with Gasteiger partial charge in [0.1, 0.15) is 5.78 Å². The van der Waals surface area contributed by atoms with Crippen molar-refractivity contribution in [1.29, 1.82) is 0 Å². The van der Waals surface area contributed by atoms with Crippen LogP contribution < -0.4 is 0 Å². The van der Waals surface area contributed by atoms with Gasteiger partial charge in [-0.05, 0) is 17.9 Å². The van der Waals surface area contributed by atoms with E-state index in [0.717, 1.165) is 6.42 Å². The molecule has 2 nitrogen and oxygen atoms in total. The van der Waals surface area contributed by atoms with Crippen LogP contribution in [0.1, 0.15) is 31.7 Å². The maximum atomic E-state index is 11.2. The standard InChI is InChI=1S/C14H18O2/c1-11-9-13(15)7-8-14(11)16-10-12-5-3-2-4-6-12/h2-6,11,14H,7-10H2,1H3/t11-,14+/m0/s1. The van der Waals surface area contributed by atoms with E-state index in [9.17, 15) is 4.79 Å². The van der Waals surface area contributed by atoms with Gasteiger partial charge >= 0.3 is 0 Å². The number of ether oxygens (including phenoxy) is 1. The summed E-state index contributed by atoms with van der Waals surface area (Å²) in [6.45, 7) is 2.76. The lowest BCUT2D eigenvalue weighted by Crippen LogP contribution is -2.29. The molecule has 2 heteroatoms. The molecule has 86 valence electrons. The first kappa shape index (κ1) is 11.3. The van der Waals surface area contributed by atoms with Gasteiger partial charge in [0.05, 0.1) is 12.7 Å². The summed E-state index contributed by atoms with van der Waals surface area (Å²) in [7, 11) is 0. The monoisotopic (exact) mass is 218 g/mol. The van der Waals surface area contributed by atoms with Gasteiger partial charge in [0.25, 0.3) is 0 Å². The molecule has 0 aromatic heterocycles. The number of ketones is 1. The molecule has 1 fully saturated rings. The van der Waals surface area contributed by atoms with Gasteiger partial charge in [0, 0.05) is 12.8 Å². The molecular weight excluding hydrogens is 200 g/mol. The van der Waals surface area contributed by atoms with Gasteiger partial charge in [0.2, 0.25) is 0 Å². The Kier molecular flexibility index (Phi) is 3.73. The summed E-state index contributed by atoms with van der Waals surface area (Å²) in [4.78, 5) is 11.2. The Morgan fingerprint density at radius 3 is 2.75 bits per heavy atom. The van der Waals surface area contributed by atoms with Gasteiger partial charge in [-0.1, -0.05) is 37.3 Å². The maximum Gasteiger partial charge on any atom is 0.133 e. The molecule has 0 amide bonds. The summed E-state index contributed by atoms with van der Waals surface area (Å²) in [5, 5.41) is 0. The average Bonchev–Trinajstić information content (AvgIpc) is 2.29. The topological polar surface area (TPSA) is 26.3 Å². The van der Waals surface area contributed by atoms with E-state index in [1.165, 1.54) is 5.56 Å². The highest BCUT2D eigenvalue weighted by atomic mass is 16.5. The van der Waals surface area contributed by atoms with Crippen LogP contribution in [0.3, 0.4) is 0 Å². The van der Waals surface area contributed by atoms with Crippen molar-refractivity contribution in [3.05, 3.63) is 35.9 Å². The lowest BCUT2D eigenvalue weighted by molar-refractivity contribution is -0.126. The number of rotatable bonds is 3.